The third kappa shape index (κ3) is 4.53. The number of ether oxygens (including phenoxy) is 1. The predicted octanol–water partition coefficient (Wildman–Crippen LogP) is 3.61. The van der Waals surface area contributed by atoms with Gasteiger partial charge in [-0.05, 0) is 50.8 Å². The number of piperidine rings is 1. The van der Waals surface area contributed by atoms with Crippen LogP contribution in [0.2, 0.25) is 5.02 Å². The number of hydrogen-bond donors (Lipinski definition) is 0. The van der Waals surface area contributed by atoms with Gasteiger partial charge in [0.25, 0.3) is 0 Å². The number of halogens is 1. The fourth-order valence-corrected chi connectivity index (χ4v) is 4.58. The van der Waals surface area contributed by atoms with Crippen molar-refractivity contribution < 1.29 is 4.74 Å². The minimum atomic E-state index is 0.305. The van der Waals surface area contributed by atoms with Crippen LogP contribution in [0.4, 0.5) is 0 Å². The number of benzene rings is 1. The highest BCUT2D eigenvalue weighted by Gasteiger charge is 2.34. The van der Waals surface area contributed by atoms with E-state index >= 15 is 0 Å². The minimum absolute atomic E-state index is 0.305. The molecule has 2 saturated heterocycles. The number of morpholine rings is 1. The average Bonchev–Trinajstić information content (AvgIpc) is 3.11. The van der Waals surface area contributed by atoms with E-state index in [1.165, 1.54) is 18.4 Å². The van der Waals surface area contributed by atoms with Crippen molar-refractivity contribution in [3.8, 4) is 0 Å². The number of amidine groups is 1. The van der Waals surface area contributed by atoms with E-state index in [4.69, 9.17) is 16.3 Å². The molecular formula is C21H29ClN4O. The summed E-state index contributed by atoms with van der Waals surface area (Å²) in [6.07, 6.45) is 4.60. The summed E-state index contributed by atoms with van der Waals surface area (Å²) in [4.78, 5) is 5.13. The minimum Gasteiger partial charge on any atom is -0.376 e. The second-order valence-corrected chi connectivity index (χ2v) is 8.51. The first-order chi connectivity index (χ1) is 13.1. The smallest absolute Gasteiger partial charge is 0.133 e. The van der Waals surface area contributed by atoms with Crippen LogP contribution in [0.1, 0.15) is 38.7 Å². The van der Waals surface area contributed by atoms with Crippen LogP contribution in [0.15, 0.2) is 34.5 Å². The molecule has 0 radical (unpaired) electrons. The molecule has 6 heteroatoms. The van der Waals surface area contributed by atoms with Crippen molar-refractivity contribution in [2.75, 3.05) is 26.2 Å². The topological polar surface area (TPSA) is 40.4 Å². The van der Waals surface area contributed by atoms with Crippen LogP contribution >= 0.6 is 11.6 Å². The molecule has 2 atom stereocenters. The second kappa shape index (κ2) is 8.29. The number of rotatable bonds is 3. The first-order valence-corrected chi connectivity index (χ1v) is 10.4. The lowest BCUT2D eigenvalue weighted by molar-refractivity contribution is -0.0777. The Hall–Kier alpha value is -1.43. The Labute approximate surface area is 167 Å². The van der Waals surface area contributed by atoms with Crippen LogP contribution in [0, 0.1) is 0 Å². The van der Waals surface area contributed by atoms with Crippen molar-refractivity contribution in [1.29, 1.82) is 0 Å². The van der Waals surface area contributed by atoms with Gasteiger partial charge in [0.2, 0.25) is 0 Å². The zero-order chi connectivity index (χ0) is 18.8. The Balaban J connectivity index is 1.38. The average molecular weight is 389 g/mol. The summed E-state index contributed by atoms with van der Waals surface area (Å²) in [7, 11) is 0. The molecule has 5 nitrogen and oxygen atoms in total. The molecule has 2 fully saturated rings. The van der Waals surface area contributed by atoms with Gasteiger partial charge >= 0.3 is 0 Å². The fourth-order valence-electron chi connectivity index (χ4n) is 4.46. The molecular weight excluding hydrogens is 360 g/mol. The molecule has 0 amide bonds. The standard InChI is InChI=1S/C21H29ClN4O/c1-15-11-21(24-23-15)25-9-7-19(8-10-25)26-13-16(2)27-14-20(26)12-17-3-5-18(22)6-4-17/h3-6,16,19-20H,7-14H2,1-2H3/t16-,20?/m0/s1. The van der Waals surface area contributed by atoms with E-state index < -0.39 is 0 Å². The third-order valence-corrected chi connectivity index (χ3v) is 6.20. The zero-order valence-corrected chi connectivity index (χ0v) is 17.0. The molecule has 0 aromatic heterocycles. The summed E-state index contributed by atoms with van der Waals surface area (Å²) in [5.74, 6) is 1.15. The summed E-state index contributed by atoms with van der Waals surface area (Å²) in [5, 5.41) is 9.35. The van der Waals surface area contributed by atoms with Gasteiger partial charge in [-0.25, -0.2) is 0 Å². The first kappa shape index (κ1) is 18.9. The molecule has 0 bridgehead atoms. The number of likely N-dealkylation sites (tertiary alicyclic amines) is 1. The van der Waals surface area contributed by atoms with Crippen molar-refractivity contribution in [3.63, 3.8) is 0 Å². The summed E-state index contributed by atoms with van der Waals surface area (Å²) in [6, 6.07) is 9.31. The number of hydrogen-bond acceptors (Lipinski definition) is 5. The van der Waals surface area contributed by atoms with E-state index in [-0.39, 0.29) is 0 Å². The Kier molecular flexibility index (Phi) is 5.81. The molecule has 146 valence electrons. The summed E-state index contributed by atoms with van der Waals surface area (Å²) in [6.45, 7) is 8.22. The molecule has 1 aromatic carbocycles. The molecule has 27 heavy (non-hydrogen) atoms. The molecule has 0 N–H and O–H groups in total. The normalized spacial score (nSPS) is 27.6. The molecule has 1 unspecified atom stereocenters. The van der Waals surface area contributed by atoms with Gasteiger partial charge in [-0.2, -0.15) is 5.10 Å². The van der Waals surface area contributed by atoms with Crippen molar-refractivity contribution in [2.24, 2.45) is 10.2 Å². The SMILES string of the molecule is CC1=NN=C(N2CCC(N3C[C@H](C)OCC3Cc3ccc(Cl)cc3)CC2)C1. The second-order valence-electron chi connectivity index (χ2n) is 8.07. The largest absolute Gasteiger partial charge is 0.376 e. The van der Waals surface area contributed by atoms with Gasteiger partial charge in [-0.3, -0.25) is 4.90 Å². The van der Waals surface area contributed by atoms with E-state index in [1.54, 1.807) is 0 Å². The lowest BCUT2D eigenvalue weighted by Gasteiger charge is -2.46. The zero-order valence-electron chi connectivity index (χ0n) is 16.3. The Morgan fingerprint density at radius 2 is 1.89 bits per heavy atom. The van der Waals surface area contributed by atoms with Gasteiger partial charge in [-0.15, -0.1) is 5.10 Å². The van der Waals surface area contributed by atoms with Gasteiger partial charge in [0, 0.05) is 48.9 Å². The molecule has 0 spiro atoms. The summed E-state index contributed by atoms with van der Waals surface area (Å²) >= 11 is 6.04. The molecule has 0 saturated carbocycles. The highest BCUT2D eigenvalue weighted by Crippen LogP contribution is 2.26. The van der Waals surface area contributed by atoms with E-state index in [9.17, 15) is 0 Å². The lowest BCUT2D eigenvalue weighted by atomic mass is 9.96. The molecule has 3 aliphatic rings. The molecule has 1 aromatic rings. The van der Waals surface area contributed by atoms with Gasteiger partial charge in [0.05, 0.1) is 12.7 Å². The van der Waals surface area contributed by atoms with Crippen LogP contribution in [0.25, 0.3) is 0 Å². The lowest BCUT2D eigenvalue weighted by Crippen LogP contribution is -2.57. The first-order valence-electron chi connectivity index (χ1n) is 10.0. The monoisotopic (exact) mass is 388 g/mol. The van der Waals surface area contributed by atoms with Crippen LogP contribution in [-0.2, 0) is 11.2 Å². The quantitative estimate of drug-likeness (QED) is 0.794. The van der Waals surface area contributed by atoms with Gasteiger partial charge in [-0.1, -0.05) is 23.7 Å². The van der Waals surface area contributed by atoms with Crippen molar-refractivity contribution in [1.82, 2.24) is 9.80 Å². The Morgan fingerprint density at radius 1 is 1.15 bits per heavy atom. The number of nitrogens with zero attached hydrogens (tertiary/aromatic N) is 4. The maximum atomic E-state index is 6.04. The van der Waals surface area contributed by atoms with Gasteiger partial charge in [0.1, 0.15) is 5.84 Å². The maximum absolute atomic E-state index is 6.04. The van der Waals surface area contributed by atoms with Crippen LogP contribution in [0.5, 0.6) is 0 Å². The van der Waals surface area contributed by atoms with Crippen molar-refractivity contribution in [2.45, 2.75) is 57.7 Å². The fraction of sp³-hybridized carbons (Fsp3) is 0.619. The Bertz CT molecular complexity index is 709. The van der Waals surface area contributed by atoms with E-state index in [2.05, 4.69) is 46.0 Å². The summed E-state index contributed by atoms with van der Waals surface area (Å²) in [5.41, 5.74) is 2.45. The van der Waals surface area contributed by atoms with Gasteiger partial charge < -0.3 is 9.64 Å². The van der Waals surface area contributed by atoms with Crippen LogP contribution in [-0.4, -0.2) is 65.8 Å². The van der Waals surface area contributed by atoms with Gasteiger partial charge in [0.15, 0.2) is 0 Å². The third-order valence-electron chi connectivity index (χ3n) is 5.94. The molecule has 3 heterocycles. The maximum Gasteiger partial charge on any atom is 0.133 e. The van der Waals surface area contributed by atoms with E-state index in [0.717, 1.165) is 55.7 Å². The van der Waals surface area contributed by atoms with Crippen molar-refractivity contribution in [3.05, 3.63) is 34.9 Å². The van der Waals surface area contributed by atoms with Crippen LogP contribution < -0.4 is 0 Å². The highest BCUT2D eigenvalue weighted by atomic mass is 35.5. The predicted molar refractivity (Wildman–Crippen MR) is 111 cm³/mol. The molecule has 3 aliphatic heterocycles. The van der Waals surface area contributed by atoms with E-state index in [1.807, 2.05) is 12.1 Å². The Morgan fingerprint density at radius 3 is 2.56 bits per heavy atom. The van der Waals surface area contributed by atoms with Crippen LogP contribution in [0.3, 0.4) is 0 Å². The van der Waals surface area contributed by atoms with Crippen molar-refractivity contribution >= 4 is 23.1 Å². The summed E-state index contributed by atoms with van der Waals surface area (Å²) < 4.78 is 6.01. The highest BCUT2D eigenvalue weighted by molar-refractivity contribution is 6.30. The molecule has 4 rings (SSSR count). The van der Waals surface area contributed by atoms with E-state index in [0.29, 0.717) is 18.2 Å². The molecule has 0 aliphatic carbocycles.